The maximum Gasteiger partial charge on any atom is 0.242 e. The zero-order valence-electron chi connectivity index (χ0n) is 13.2. The fourth-order valence-corrected chi connectivity index (χ4v) is 2.24. The molecule has 0 saturated carbocycles. The third-order valence-electron chi connectivity index (χ3n) is 3.51. The van der Waals surface area contributed by atoms with Crippen LogP contribution >= 0.6 is 0 Å². The monoisotopic (exact) mass is 314 g/mol. The molecule has 0 radical (unpaired) electrons. The van der Waals surface area contributed by atoms with E-state index < -0.39 is 5.82 Å². The Morgan fingerprint density at radius 2 is 1.61 bits per heavy atom. The molecule has 0 fully saturated rings. The van der Waals surface area contributed by atoms with Crippen LogP contribution in [0.1, 0.15) is 12.5 Å². The van der Waals surface area contributed by atoms with Crippen LogP contribution in [-0.4, -0.2) is 30.3 Å². The third kappa shape index (κ3) is 4.39. The van der Waals surface area contributed by atoms with Gasteiger partial charge in [0.25, 0.3) is 0 Å². The van der Waals surface area contributed by atoms with Gasteiger partial charge in [-0.3, -0.25) is 9.59 Å². The minimum Gasteiger partial charge on any atom is -0.340 e. The first kappa shape index (κ1) is 16.7. The molecule has 0 aliphatic heterocycles. The molecule has 5 heteroatoms. The van der Waals surface area contributed by atoms with Crippen LogP contribution in [0.15, 0.2) is 54.6 Å². The highest BCUT2D eigenvalue weighted by atomic mass is 19.1. The molecule has 0 bridgehead atoms. The van der Waals surface area contributed by atoms with Gasteiger partial charge in [-0.05, 0) is 17.7 Å². The van der Waals surface area contributed by atoms with Gasteiger partial charge in [-0.1, -0.05) is 42.5 Å². The maximum atomic E-state index is 13.9. The van der Waals surface area contributed by atoms with Gasteiger partial charge < -0.3 is 9.80 Å². The first-order chi connectivity index (χ1) is 11.0. The molecule has 4 nitrogen and oxygen atoms in total. The molecule has 2 amide bonds. The summed E-state index contributed by atoms with van der Waals surface area (Å²) in [7, 11) is 1.66. The van der Waals surface area contributed by atoms with Crippen molar-refractivity contribution < 1.29 is 14.0 Å². The number of carbonyl (C=O) groups excluding carboxylic acids is 2. The molecule has 2 aromatic rings. The summed E-state index contributed by atoms with van der Waals surface area (Å²) < 4.78 is 13.9. The van der Waals surface area contributed by atoms with Gasteiger partial charge >= 0.3 is 0 Å². The number of benzene rings is 2. The van der Waals surface area contributed by atoms with E-state index in [4.69, 9.17) is 0 Å². The third-order valence-corrected chi connectivity index (χ3v) is 3.51. The van der Waals surface area contributed by atoms with E-state index in [0.717, 1.165) is 10.5 Å². The SMILES string of the molecule is CC(=O)N(CC(=O)N(C)Cc1ccccc1)c1ccccc1F. The maximum absolute atomic E-state index is 13.9. The van der Waals surface area contributed by atoms with E-state index in [1.165, 1.54) is 24.0 Å². The standard InChI is InChI=1S/C18H19FN2O2/c1-14(22)21(17-11-7-6-10-16(17)19)13-18(23)20(2)12-15-8-4-3-5-9-15/h3-11H,12-13H2,1-2H3. The van der Waals surface area contributed by atoms with Crippen molar-refractivity contribution >= 4 is 17.5 Å². The molecule has 2 aromatic carbocycles. The average molecular weight is 314 g/mol. The van der Waals surface area contributed by atoms with Crippen LogP contribution in [0.25, 0.3) is 0 Å². The minimum atomic E-state index is -0.527. The number of carbonyl (C=O) groups is 2. The van der Waals surface area contributed by atoms with Crippen molar-refractivity contribution in [3.63, 3.8) is 0 Å². The number of hydrogen-bond acceptors (Lipinski definition) is 2. The van der Waals surface area contributed by atoms with Crippen LogP contribution < -0.4 is 4.90 Å². The minimum absolute atomic E-state index is 0.112. The van der Waals surface area contributed by atoms with Crippen molar-refractivity contribution in [1.29, 1.82) is 0 Å². The van der Waals surface area contributed by atoms with Crippen molar-refractivity contribution in [2.45, 2.75) is 13.5 Å². The lowest BCUT2D eigenvalue weighted by Crippen LogP contribution is -2.40. The first-order valence-corrected chi connectivity index (χ1v) is 7.29. The van der Waals surface area contributed by atoms with E-state index in [1.54, 1.807) is 19.2 Å². The molecule has 0 spiro atoms. The fraction of sp³-hybridized carbons (Fsp3) is 0.222. The molecule has 0 N–H and O–H groups in total. The van der Waals surface area contributed by atoms with Gasteiger partial charge in [0, 0.05) is 20.5 Å². The molecule has 23 heavy (non-hydrogen) atoms. The number of halogens is 1. The summed E-state index contributed by atoms with van der Waals surface area (Å²) >= 11 is 0. The highest BCUT2D eigenvalue weighted by molar-refractivity contribution is 5.97. The Labute approximate surface area is 135 Å². The Balaban J connectivity index is 2.09. The van der Waals surface area contributed by atoms with Crippen LogP contribution in [0.2, 0.25) is 0 Å². The number of rotatable bonds is 5. The van der Waals surface area contributed by atoms with Crippen LogP contribution in [0.3, 0.4) is 0 Å². The number of anilines is 1. The topological polar surface area (TPSA) is 40.6 Å². The lowest BCUT2D eigenvalue weighted by molar-refractivity contribution is -0.130. The molecule has 0 unspecified atom stereocenters. The van der Waals surface area contributed by atoms with E-state index in [0.29, 0.717) is 6.54 Å². The molecule has 120 valence electrons. The van der Waals surface area contributed by atoms with Crippen molar-refractivity contribution in [3.8, 4) is 0 Å². The van der Waals surface area contributed by atoms with Gasteiger partial charge in [0.15, 0.2) is 0 Å². The lowest BCUT2D eigenvalue weighted by atomic mass is 10.2. The van der Waals surface area contributed by atoms with Gasteiger partial charge in [-0.25, -0.2) is 4.39 Å². The lowest BCUT2D eigenvalue weighted by Gasteiger charge is -2.24. The van der Waals surface area contributed by atoms with Gasteiger partial charge in [0.2, 0.25) is 11.8 Å². The zero-order chi connectivity index (χ0) is 16.8. The molecular formula is C18H19FN2O2. The highest BCUT2D eigenvalue weighted by Crippen LogP contribution is 2.19. The Morgan fingerprint density at radius 1 is 1.00 bits per heavy atom. The smallest absolute Gasteiger partial charge is 0.242 e. The molecule has 2 rings (SSSR count). The van der Waals surface area contributed by atoms with Gasteiger partial charge in [0.05, 0.1) is 5.69 Å². The van der Waals surface area contributed by atoms with Gasteiger partial charge in [-0.15, -0.1) is 0 Å². The second kappa shape index (κ2) is 7.54. The Kier molecular flexibility index (Phi) is 5.46. The number of amides is 2. The van der Waals surface area contributed by atoms with Crippen molar-refractivity contribution in [1.82, 2.24) is 4.90 Å². The molecular weight excluding hydrogens is 295 g/mol. The van der Waals surface area contributed by atoms with Gasteiger partial charge in [-0.2, -0.15) is 0 Å². The second-order valence-electron chi connectivity index (χ2n) is 5.29. The van der Waals surface area contributed by atoms with E-state index in [9.17, 15) is 14.0 Å². The van der Waals surface area contributed by atoms with Crippen molar-refractivity contribution in [2.75, 3.05) is 18.5 Å². The first-order valence-electron chi connectivity index (χ1n) is 7.29. The van der Waals surface area contributed by atoms with Crippen LogP contribution in [0.5, 0.6) is 0 Å². The highest BCUT2D eigenvalue weighted by Gasteiger charge is 2.20. The number of hydrogen-bond donors (Lipinski definition) is 0. The summed E-state index contributed by atoms with van der Waals surface area (Å²) in [5.74, 6) is -1.16. The number of likely N-dealkylation sites (N-methyl/N-ethyl adjacent to an activating group) is 1. The summed E-state index contributed by atoms with van der Waals surface area (Å²) in [4.78, 5) is 26.8. The van der Waals surface area contributed by atoms with Crippen molar-refractivity contribution in [2.24, 2.45) is 0 Å². The molecule has 0 aromatic heterocycles. The van der Waals surface area contributed by atoms with E-state index in [-0.39, 0.29) is 24.0 Å². The molecule has 0 heterocycles. The van der Waals surface area contributed by atoms with Crippen LogP contribution in [-0.2, 0) is 16.1 Å². The zero-order valence-corrected chi connectivity index (χ0v) is 13.2. The van der Waals surface area contributed by atoms with Crippen molar-refractivity contribution in [3.05, 3.63) is 66.0 Å². The Bertz CT molecular complexity index is 688. The fourth-order valence-electron chi connectivity index (χ4n) is 2.24. The largest absolute Gasteiger partial charge is 0.340 e. The summed E-state index contributed by atoms with van der Waals surface area (Å²) in [6.07, 6.45) is 0. The van der Waals surface area contributed by atoms with E-state index in [1.807, 2.05) is 30.3 Å². The van der Waals surface area contributed by atoms with Crippen LogP contribution in [0, 0.1) is 5.82 Å². The average Bonchev–Trinajstić information content (AvgIpc) is 2.54. The Hall–Kier alpha value is -2.69. The number of para-hydroxylation sites is 1. The summed E-state index contributed by atoms with van der Waals surface area (Å²) in [5, 5.41) is 0. The molecule has 0 atom stereocenters. The van der Waals surface area contributed by atoms with Crippen LogP contribution in [0.4, 0.5) is 10.1 Å². The Morgan fingerprint density at radius 3 is 2.22 bits per heavy atom. The summed E-state index contributed by atoms with van der Waals surface area (Å²) in [6.45, 7) is 1.55. The van der Waals surface area contributed by atoms with E-state index >= 15 is 0 Å². The molecule has 0 saturated heterocycles. The normalized spacial score (nSPS) is 10.2. The summed E-state index contributed by atoms with van der Waals surface area (Å²) in [5.41, 5.74) is 1.10. The second-order valence-corrected chi connectivity index (χ2v) is 5.29. The van der Waals surface area contributed by atoms with E-state index in [2.05, 4.69) is 0 Å². The predicted octanol–water partition coefficient (Wildman–Crippen LogP) is 2.84. The summed E-state index contributed by atoms with van der Waals surface area (Å²) in [6, 6.07) is 15.5. The molecule has 0 aliphatic rings. The number of nitrogens with zero attached hydrogens (tertiary/aromatic N) is 2. The quantitative estimate of drug-likeness (QED) is 0.851. The molecule has 0 aliphatic carbocycles. The predicted molar refractivity (Wildman–Crippen MR) is 87.3 cm³/mol. The van der Waals surface area contributed by atoms with Gasteiger partial charge in [0.1, 0.15) is 12.4 Å².